The molecule has 1 aromatic carbocycles. The SMILES string of the molecule is COc1cc(C)cc2cc(C(=O)C(C)C)oc12. The van der Waals surface area contributed by atoms with Gasteiger partial charge in [0.15, 0.2) is 17.1 Å². The number of carbonyl (C=O) groups is 1. The number of rotatable bonds is 3. The van der Waals surface area contributed by atoms with Gasteiger partial charge in [0, 0.05) is 11.3 Å². The summed E-state index contributed by atoms with van der Waals surface area (Å²) in [4.78, 5) is 11.9. The van der Waals surface area contributed by atoms with Crippen molar-refractivity contribution >= 4 is 16.8 Å². The van der Waals surface area contributed by atoms with E-state index in [1.54, 1.807) is 13.2 Å². The number of ether oxygens (including phenoxy) is 1. The highest BCUT2D eigenvalue weighted by molar-refractivity contribution is 5.99. The number of hydrogen-bond acceptors (Lipinski definition) is 3. The van der Waals surface area contributed by atoms with E-state index in [1.807, 2.05) is 32.9 Å². The van der Waals surface area contributed by atoms with Crippen molar-refractivity contribution < 1.29 is 13.9 Å². The fourth-order valence-corrected chi connectivity index (χ4v) is 1.82. The van der Waals surface area contributed by atoms with Crippen LogP contribution >= 0.6 is 0 Å². The van der Waals surface area contributed by atoms with Crippen molar-refractivity contribution in [1.82, 2.24) is 0 Å². The van der Waals surface area contributed by atoms with Crippen LogP contribution < -0.4 is 4.74 Å². The molecule has 3 nitrogen and oxygen atoms in total. The average Bonchev–Trinajstić information content (AvgIpc) is 2.69. The Kier molecular flexibility index (Phi) is 2.92. The van der Waals surface area contributed by atoms with Gasteiger partial charge >= 0.3 is 0 Å². The summed E-state index contributed by atoms with van der Waals surface area (Å²) in [7, 11) is 1.60. The van der Waals surface area contributed by atoms with Crippen LogP contribution in [0.1, 0.15) is 30.0 Å². The molecular weight excluding hydrogens is 216 g/mol. The molecular formula is C14H16O3. The van der Waals surface area contributed by atoms with Crippen molar-refractivity contribution in [1.29, 1.82) is 0 Å². The van der Waals surface area contributed by atoms with Crippen molar-refractivity contribution in [2.75, 3.05) is 7.11 Å². The minimum Gasteiger partial charge on any atom is -0.493 e. The van der Waals surface area contributed by atoms with Gasteiger partial charge in [0.25, 0.3) is 0 Å². The average molecular weight is 232 g/mol. The van der Waals surface area contributed by atoms with Crippen LogP contribution in [0.2, 0.25) is 0 Å². The normalized spacial score (nSPS) is 11.1. The maximum atomic E-state index is 11.9. The van der Waals surface area contributed by atoms with E-state index in [2.05, 4.69) is 0 Å². The number of ketones is 1. The van der Waals surface area contributed by atoms with Gasteiger partial charge in [-0.15, -0.1) is 0 Å². The summed E-state index contributed by atoms with van der Waals surface area (Å²) in [5.41, 5.74) is 1.72. The first-order valence-corrected chi connectivity index (χ1v) is 5.65. The quantitative estimate of drug-likeness (QED) is 0.759. The largest absolute Gasteiger partial charge is 0.493 e. The minimum absolute atomic E-state index is 0.0147. The van der Waals surface area contributed by atoms with Crippen LogP contribution in [0.25, 0.3) is 11.0 Å². The second-order valence-electron chi connectivity index (χ2n) is 4.52. The number of methoxy groups -OCH3 is 1. The van der Waals surface area contributed by atoms with E-state index in [0.29, 0.717) is 17.1 Å². The highest BCUT2D eigenvalue weighted by Crippen LogP contribution is 2.31. The molecule has 0 saturated carbocycles. The molecule has 0 unspecified atom stereocenters. The van der Waals surface area contributed by atoms with E-state index in [9.17, 15) is 4.79 Å². The van der Waals surface area contributed by atoms with Crippen LogP contribution in [0.15, 0.2) is 22.6 Å². The zero-order valence-corrected chi connectivity index (χ0v) is 10.5. The minimum atomic E-state index is -0.0670. The molecule has 0 spiro atoms. The topological polar surface area (TPSA) is 39.4 Å². The highest BCUT2D eigenvalue weighted by Gasteiger charge is 2.17. The Morgan fingerprint density at radius 3 is 2.59 bits per heavy atom. The lowest BCUT2D eigenvalue weighted by Crippen LogP contribution is -2.05. The van der Waals surface area contributed by atoms with Gasteiger partial charge in [0.1, 0.15) is 0 Å². The van der Waals surface area contributed by atoms with E-state index in [0.717, 1.165) is 10.9 Å². The van der Waals surface area contributed by atoms with Gasteiger partial charge in [-0.05, 0) is 30.7 Å². The molecule has 0 bridgehead atoms. The maximum Gasteiger partial charge on any atom is 0.200 e. The van der Waals surface area contributed by atoms with Crippen LogP contribution in [0.3, 0.4) is 0 Å². The summed E-state index contributed by atoms with van der Waals surface area (Å²) in [6, 6.07) is 5.67. The third kappa shape index (κ3) is 2.05. The van der Waals surface area contributed by atoms with Crippen LogP contribution in [0.4, 0.5) is 0 Å². The van der Waals surface area contributed by atoms with E-state index >= 15 is 0 Å². The van der Waals surface area contributed by atoms with Crippen LogP contribution in [-0.2, 0) is 0 Å². The molecule has 3 heteroatoms. The Bertz CT molecular complexity index is 564. The summed E-state index contributed by atoms with van der Waals surface area (Å²) >= 11 is 0. The Morgan fingerprint density at radius 1 is 1.29 bits per heavy atom. The van der Waals surface area contributed by atoms with Crippen molar-refractivity contribution in [3.05, 3.63) is 29.5 Å². The monoisotopic (exact) mass is 232 g/mol. The Hall–Kier alpha value is -1.77. The van der Waals surface area contributed by atoms with Gasteiger partial charge in [-0.3, -0.25) is 4.79 Å². The molecule has 0 aliphatic carbocycles. The highest BCUT2D eigenvalue weighted by atomic mass is 16.5. The second kappa shape index (κ2) is 4.24. The summed E-state index contributed by atoms with van der Waals surface area (Å²) in [5, 5.41) is 0.908. The van der Waals surface area contributed by atoms with Gasteiger partial charge < -0.3 is 9.15 Å². The standard InChI is InChI=1S/C14H16O3/c1-8(2)13(15)11-7-10-5-9(3)6-12(16-4)14(10)17-11/h5-8H,1-4H3. The molecule has 2 aromatic rings. The van der Waals surface area contributed by atoms with Gasteiger partial charge in [-0.2, -0.15) is 0 Å². The first-order valence-electron chi connectivity index (χ1n) is 5.65. The Labute approximate surface area is 100 Å². The lowest BCUT2D eigenvalue weighted by atomic mass is 10.1. The zero-order chi connectivity index (χ0) is 12.6. The molecule has 0 N–H and O–H groups in total. The van der Waals surface area contributed by atoms with Gasteiger partial charge in [0.05, 0.1) is 7.11 Å². The third-order valence-corrected chi connectivity index (χ3v) is 2.71. The van der Waals surface area contributed by atoms with Crippen molar-refractivity contribution in [3.63, 3.8) is 0 Å². The lowest BCUT2D eigenvalue weighted by molar-refractivity contribution is 0.0913. The lowest BCUT2D eigenvalue weighted by Gasteiger charge is -2.01. The van der Waals surface area contributed by atoms with Gasteiger partial charge in [-0.25, -0.2) is 0 Å². The second-order valence-corrected chi connectivity index (χ2v) is 4.52. The van der Waals surface area contributed by atoms with E-state index in [4.69, 9.17) is 9.15 Å². The van der Waals surface area contributed by atoms with Crippen LogP contribution in [-0.4, -0.2) is 12.9 Å². The summed E-state index contributed by atoms with van der Waals surface area (Å²) in [6.07, 6.45) is 0. The van der Waals surface area contributed by atoms with Crippen molar-refractivity contribution in [2.45, 2.75) is 20.8 Å². The summed E-state index contributed by atoms with van der Waals surface area (Å²) < 4.78 is 10.9. The predicted molar refractivity (Wildman–Crippen MR) is 66.7 cm³/mol. The first kappa shape index (κ1) is 11.7. The van der Waals surface area contributed by atoms with E-state index < -0.39 is 0 Å². The number of furan rings is 1. The van der Waals surface area contributed by atoms with E-state index in [1.165, 1.54) is 0 Å². The molecule has 0 atom stereocenters. The van der Waals surface area contributed by atoms with Crippen molar-refractivity contribution in [2.24, 2.45) is 5.92 Å². The molecule has 90 valence electrons. The molecule has 0 fully saturated rings. The summed E-state index contributed by atoms with van der Waals surface area (Å²) in [5.74, 6) is 1.02. The molecule has 0 aliphatic rings. The Morgan fingerprint density at radius 2 is 2.00 bits per heavy atom. The first-order chi connectivity index (χ1) is 8.02. The Balaban J connectivity index is 2.61. The van der Waals surface area contributed by atoms with Crippen LogP contribution in [0, 0.1) is 12.8 Å². The van der Waals surface area contributed by atoms with Crippen LogP contribution in [0.5, 0.6) is 5.75 Å². The zero-order valence-electron chi connectivity index (χ0n) is 10.5. The maximum absolute atomic E-state index is 11.9. The molecule has 1 aromatic heterocycles. The molecule has 2 rings (SSSR count). The van der Waals surface area contributed by atoms with Gasteiger partial charge in [-0.1, -0.05) is 13.8 Å². The molecule has 0 aliphatic heterocycles. The predicted octanol–water partition coefficient (Wildman–Crippen LogP) is 3.59. The number of carbonyl (C=O) groups excluding carboxylic acids is 1. The smallest absolute Gasteiger partial charge is 0.200 e. The number of Topliss-reactive ketones (excluding diaryl/α,β-unsaturated/α-hetero) is 1. The molecule has 0 radical (unpaired) electrons. The molecule has 1 heterocycles. The number of aryl methyl sites for hydroxylation is 1. The fraction of sp³-hybridized carbons (Fsp3) is 0.357. The molecule has 0 saturated heterocycles. The number of fused-ring (bicyclic) bond motifs is 1. The van der Waals surface area contributed by atoms with E-state index in [-0.39, 0.29) is 11.7 Å². The molecule has 17 heavy (non-hydrogen) atoms. The van der Waals surface area contributed by atoms with Gasteiger partial charge in [0.2, 0.25) is 5.78 Å². The number of benzene rings is 1. The number of hydrogen-bond donors (Lipinski definition) is 0. The van der Waals surface area contributed by atoms with Crippen molar-refractivity contribution in [3.8, 4) is 5.75 Å². The fourth-order valence-electron chi connectivity index (χ4n) is 1.82. The summed E-state index contributed by atoms with van der Waals surface area (Å²) in [6.45, 7) is 5.70. The molecule has 0 amide bonds. The third-order valence-electron chi connectivity index (χ3n) is 2.71.